The standard InChI is InChI=1S/C29H21F3N4O3/c1-14-10-17(30)4-6-19(14)25-16(3)34-13-20(27(25)37)29(38)35-18-5-7-23(21(31)12-18)39-24-8-9-33-22-11-15(2)28(32)36-26(22)24/h4-13H,1-3H3,(H,34,37)(H,35,38). The monoisotopic (exact) mass is 530 g/mol. The summed E-state index contributed by atoms with van der Waals surface area (Å²) in [6.07, 6.45) is 2.70. The molecule has 0 bridgehead atoms. The number of halogens is 3. The second kappa shape index (κ2) is 10.1. The van der Waals surface area contributed by atoms with Gasteiger partial charge in [0.1, 0.15) is 16.9 Å². The number of aryl methyl sites for hydroxylation is 3. The average Bonchev–Trinajstić information content (AvgIpc) is 2.88. The molecule has 2 aromatic carbocycles. The van der Waals surface area contributed by atoms with Crippen LogP contribution in [0.2, 0.25) is 0 Å². The molecule has 7 nitrogen and oxygen atoms in total. The second-order valence-corrected chi connectivity index (χ2v) is 8.97. The molecule has 2 N–H and O–H groups in total. The first-order valence-electron chi connectivity index (χ1n) is 11.8. The number of nitrogens with one attached hydrogen (secondary N) is 2. The Morgan fingerprint density at radius 1 is 0.949 bits per heavy atom. The number of carbonyl (C=O) groups excluding carboxylic acids is 1. The predicted molar refractivity (Wildman–Crippen MR) is 141 cm³/mol. The van der Waals surface area contributed by atoms with Crippen molar-refractivity contribution in [2.45, 2.75) is 20.8 Å². The number of aromatic amines is 1. The van der Waals surface area contributed by atoms with Crippen molar-refractivity contribution in [2.24, 2.45) is 0 Å². The van der Waals surface area contributed by atoms with E-state index in [1.54, 1.807) is 20.8 Å². The van der Waals surface area contributed by atoms with Crippen molar-refractivity contribution in [2.75, 3.05) is 5.32 Å². The Morgan fingerprint density at radius 2 is 1.74 bits per heavy atom. The van der Waals surface area contributed by atoms with Crippen molar-refractivity contribution in [3.63, 3.8) is 0 Å². The van der Waals surface area contributed by atoms with E-state index in [4.69, 9.17) is 4.74 Å². The number of H-pyrrole nitrogens is 1. The molecule has 3 aromatic heterocycles. The lowest BCUT2D eigenvalue weighted by atomic mass is 9.97. The summed E-state index contributed by atoms with van der Waals surface area (Å²) >= 11 is 0. The van der Waals surface area contributed by atoms with Crippen molar-refractivity contribution in [3.05, 3.63) is 111 Å². The molecule has 0 aliphatic carbocycles. The fourth-order valence-electron chi connectivity index (χ4n) is 4.20. The summed E-state index contributed by atoms with van der Waals surface area (Å²) in [5.74, 6) is -2.80. The summed E-state index contributed by atoms with van der Waals surface area (Å²) in [6, 6.07) is 10.7. The number of rotatable bonds is 5. The molecule has 0 radical (unpaired) electrons. The van der Waals surface area contributed by atoms with E-state index in [0.29, 0.717) is 27.9 Å². The molecule has 0 aliphatic rings. The Morgan fingerprint density at radius 3 is 2.49 bits per heavy atom. The maximum Gasteiger partial charge on any atom is 0.261 e. The first-order chi connectivity index (χ1) is 18.6. The molecule has 0 unspecified atom stereocenters. The zero-order chi connectivity index (χ0) is 27.8. The molecule has 39 heavy (non-hydrogen) atoms. The van der Waals surface area contributed by atoms with Gasteiger partial charge in [-0.3, -0.25) is 14.6 Å². The second-order valence-electron chi connectivity index (χ2n) is 8.97. The largest absolute Gasteiger partial charge is 0.452 e. The van der Waals surface area contributed by atoms with Crippen LogP contribution in [0.25, 0.3) is 22.2 Å². The van der Waals surface area contributed by atoms with Gasteiger partial charge in [0.05, 0.1) is 5.52 Å². The van der Waals surface area contributed by atoms with Crippen LogP contribution in [0.4, 0.5) is 18.9 Å². The van der Waals surface area contributed by atoms with Crippen molar-refractivity contribution in [1.29, 1.82) is 0 Å². The summed E-state index contributed by atoms with van der Waals surface area (Å²) in [6.45, 7) is 4.89. The molecule has 0 saturated carbocycles. The van der Waals surface area contributed by atoms with E-state index >= 15 is 0 Å². The zero-order valence-corrected chi connectivity index (χ0v) is 21.0. The normalized spacial score (nSPS) is 11.0. The topological polar surface area (TPSA) is 97.0 Å². The van der Waals surface area contributed by atoms with Gasteiger partial charge >= 0.3 is 0 Å². The lowest BCUT2D eigenvalue weighted by Crippen LogP contribution is -2.24. The Hall–Kier alpha value is -4.99. The highest BCUT2D eigenvalue weighted by Gasteiger charge is 2.19. The molecule has 196 valence electrons. The van der Waals surface area contributed by atoms with Gasteiger partial charge in [0.2, 0.25) is 11.4 Å². The number of carbonyl (C=O) groups is 1. The van der Waals surface area contributed by atoms with Gasteiger partial charge in [-0.25, -0.2) is 13.8 Å². The SMILES string of the molecule is Cc1cc(F)ccc1-c1c(C)[nH]cc(C(=O)Nc2ccc(Oc3ccnc4cc(C)c(F)nc34)c(F)c2)c1=O. The third-order valence-electron chi connectivity index (χ3n) is 6.20. The Kier molecular flexibility index (Phi) is 6.61. The highest BCUT2D eigenvalue weighted by Crippen LogP contribution is 2.31. The maximum absolute atomic E-state index is 14.9. The lowest BCUT2D eigenvalue weighted by Gasteiger charge is -2.12. The lowest BCUT2D eigenvalue weighted by molar-refractivity contribution is 0.102. The van der Waals surface area contributed by atoms with Crippen LogP contribution in [0, 0.1) is 38.4 Å². The number of ether oxygens (including phenoxy) is 1. The van der Waals surface area contributed by atoms with Crippen LogP contribution in [-0.2, 0) is 0 Å². The molecule has 0 aliphatic heterocycles. The summed E-state index contributed by atoms with van der Waals surface area (Å²) in [5.41, 5.74) is 1.91. The Bertz CT molecular complexity index is 1840. The quantitative estimate of drug-likeness (QED) is 0.257. The van der Waals surface area contributed by atoms with Gasteiger partial charge in [-0.05, 0) is 62.2 Å². The third-order valence-corrected chi connectivity index (χ3v) is 6.20. The highest BCUT2D eigenvalue weighted by molar-refractivity contribution is 6.04. The molecular formula is C29H21F3N4O3. The van der Waals surface area contributed by atoms with Crippen LogP contribution in [0.15, 0.2) is 65.7 Å². The van der Waals surface area contributed by atoms with Gasteiger partial charge < -0.3 is 15.0 Å². The van der Waals surface area contributed by atoms with Crippen LogP contribution < -0.4 is 15.5 Å². The van der Waals surface area contributed by atoms with E-state index in [2.05, 4.69) is 20.3 Å². The predicted octanol–water partition coefficient (Wildman–Crippen LogP) is 6.37. The van der Waals surface area contributed by atoms with Crippen LogP contribution >= 0.6 is 0 Å². The molecule has 5 rings (SSSR count). The molecule has 0 atom stereocenters. The van der Waals surface area contributed by atoms with E-state index in [1.807, 2.05) is 0 Å². The van der Waals surface area contributed by atoms with Crippen LogP contribution in [-0.4, -0.2) is 20.9 Å². The highest BCUT2D eigenvalue weighted by atomic mass is 19.1. The summed E-state index contributed by atoms with van der Waals surface area (Å²) in [4.78, 5) is 37.1. The van der Waals surface area contributed by atoms with Gasteiger partial charge in [0, 0.05) is 47.0 Å². The zero-order valence-electron chi connectivity index (χ0n) is 21.0. The number of pyridine rings is 3. The fraction of sp³-hybridized carbons (Fsp3) is 0.103. The minimum absolute atomic E-state index is 0.0729. The number of hydrogen-bond acceptors (Lipinski definition) is 5. The summed E-state index contributed by atoms with van der Waals surface area (Å²) in [7, 11) is 0. The first kappa shape index (κ1) is 25.7. The number of anilines is 1. The van der Waals surface area contributed by atoms with Crippen molar-refractivity contribution < 1.29 is 22.7 Å². The fourth-order valence-corrected chi connectivity index (χ4v) is 4.20. The molecule has 0 spiro atoms. The van der Waals surface area contributed by atoms with Gasteiger partial charge in [0.15, 0.2) is 17.3 Å². The van der Waals surface area contributed by atoms with Crippen molar-refractivity contribution >= 4 is 22.6 Å². The minimum Gasteiger partial charge on any atom is -0.452 e. The maximum atomic E-state index is 14.9. The number of aromatic nitrogens is 3. The Balaban J connectivity index is 1.41. The number of nitrogens with zero attached hydrogens (tertiary/aromatic N) is 2. The molecule has 1 amide bonds. The molecule has 0 saturated heterocycles. The summed E-state index contributed by atoms with van der Waals surface area (Å²) < 4.78 is 48.2. The third kappa shape index (κ3) is 4.96. The number of fused-ring (bicyclic) bond motifs is 1. The van der Waals surface area contributed by atoms with E-state index in [-0.39, 0.29) is 33.8 Å². The van der Waals surface area contributed by atoms with Crippen LogP contribution in [0.5, 0.6) is 11.5 Å². The van der Waals surface area contributed by atoms with Gasteiger partial charge in [0.25, 0.3) is 5.91 Å². The average molecular weight is 531 g/mol. The van der Waals surface area contributed by atoms with E-state index in [9.17, 15) is 22.8 Å². The van der Waals surface area contributed by atoms with Crippen molar-refractivity contribution in [3.8, 4) is 22.6 Å². The molecule has 5 aromatic rings. The molecule has 10 heteroatoms. The number of amides is 1. The van der Waals surface area contributed by atoms with Gasteiger partial charge in [-0.1, -0.05) is 6.07 Å². The van der Waals surface area contributed by atoms with E-state index < -0.39 is 28.9 Å². The van der Waals surface area contributed by atoms with Crippen LogP contribution in [0.1, 0.15) is 27.2 Å². The Labute approximate surface area is 220 Å². The van der Waals surface area contributed by atoms with E-state index in [1.165, 1.54) is 54.9 Å². The van der Waals surface area contributed by atoms with Crippen molar-refractivity contribution in [1.82, 2.24) is 15.0 Å². The number of hydrogen-bond donors (Lipinski definition) is 2. The first-order valence-corrected chi connectivity index (χ1v) is 11.8. The summed E-state index contributed by atoms with van der Waals surface area (Å²) in [5, 5.41) is 2.51. The molecule has 0 fully saturated rings. The minimum atomic E-state index is -0.814. The molecular weight excluding hydrogens is 509 g/mol. The van der Waals surface area contributed by atoms with Gasteiger partial charge in [-0.2, -0.15) is 4.39 Å². The smallest absolute Gasteiger partial charge is 0.261 e. The van der Waals surface area contributed by atoms with Gasteiger partial charge in [-0.15, -0.1) is 0 Å². The van der Waals surface area contributed by atoms with Crippen LogP contribution in [0.3, 0.4) is 0 Å². The van der Waals surface area contributed by atoms with E-state index in [0.717, 1.165) is 6.07 Å². The number of benzene rings is 2. The molecule has 3 heterocycles.